The summed E-state index contributed by atoms with van der Waals surface area (Å²) in [5, 5.41) is 8.48. The molecular weight excluding hydrogens is 277 g/mol. The number of alkyl halides is 5. The third kappa shape index (κ3) is 3.52. The molecule has 106 valence electrons. The Morgan fingerprint density at radius 2 is 2.05 bits per heavy atom. The van der Waals surface area contributed by atoms with Crippen LogP contribution in [0.1, 0.15) is 23.4 Å². The summed E-state index contributed by atoms with van der Waals surface area (Å²) in [6.07, 6.45) is -9.16. The van der Waals surface area contributed by atoms with Gasteiger partial charge in [0, 0.05) is 0 Å². The maximum atomic E-state index is 12.7. The summed E-state index contributed by atoms with van der Waals surface area (Å²) < 4.78 is 67.7. The molecule has 0 saturated heterocycles. The van der Waals surface area contributed by atoms with Gasteiger partial charge < -0.3 is 9.84 Å². The highest BCUT2D eigenvalue weighted by Gasteiger charge is 2.39. The van der Waals surface area contributed by atoms with Crippen molar-refractivity contribution in [3.05, 3.63) is 23.0 Å². The molecule has 1 rings (SSSR count). The molecule has 9 heteroatoms. The number of aromatic nitrogens is 1. The quantitative estimate of drug-likeness (QED) is 0.864. The van der Waals surface area contributed by atoms with Crippen molar-refractivity contribution in [2.24, 2.45) is 0 Å². The third-order valence-electron chi connectivity index (χ3n) is 2.09. The topological polar surface area (TPSA) is 59.4 Å². The molecule has 0 aromatic carbocycles. The molecule has 0 amide bonds. The van der Waals surface area contributed by atoms with Crippen LogP contribution in [0.5, 0.6) is 5.75 Å². The lowest BCUT2D eigenvalue weighted by Gasteiger charge is -2.16. The molecule has 0 atom stereocenters. The minimum absolute atomic E-state index is 0.590. The van der Waals surface area contributed by atoms with Crippen molar-refractivity contribution in [2.75, 3.05) is 7.11 Å². The molecule has 0 unspecified atom stereocenters. The highest BCUT2D eigenvalue weighted by molar-refractivity contribution is 5.69. The molecule has 0 radical (unpaired) electrons. The highest BCUT2D eigenvalue weighted by Crippen LogP contribution is 2.40. The van der Waals surface area contributed by atoms with Gasteiger partial charge >= 0.3 is 12.1 Å². The van der Waals surface area contributed by atoms with Crippen molar-refractivity contribution in [2.45, 2.75) is 19.0 Å². The van der Waals surface area contributed by atoms with Gasteiger partial charge in [0.15, 0.2) is 11.4 Å². The van der Waals surface area contributed by atoms with E-state index in [0.29, 0.717) is 6.07 Å². The summed E-state index contributed by atoms with van der Waals surface area (Å²) in [6, 6.07) is 0.590. The Morgan fingerprint density at radius 1 is 1.47 bits per heavy atom. The first-order chi connectivity index (χ1) is 8.66. The van der Waals surface area contributed by atoms with Crippen molar-refractivity contribution in [1.82, 2.24) is 4.98 Å². The van der Waals surface area contributed by atoms with Crippen molar-refractivity contribution in [3.63, 3.8) is 0 Å². The van der Waals surface area contributed by atoms with Gasteiger partial charge in [0.25, 0.3) is 6.43 Å². The van der Waals surface area contributed by atoms with E-state index in [0.717, 1.165) is 7.11 Å². The maximum absolute atomic E-state index is 12.7. The zero-order valence-electron chi connectivity index (χ0n) is 9.46. The summed E-state index contributed by atoms with van der Waals surface area (Å²) in [6.45, 7) is 0. The normalized spacial score (nSPS) is 11.7. The van der Waals surface area contributed by atoms with Gasteiger partial charge in [0.05, 0.1) is 24.8 Å². The summed E-state index contributed by atoms with van der Waals surface area (Å²) in [5.74, 6) is -2.58. The standard InChI is InChI=1S/C10H8F5NO3/c1-19-7-5(9(11)12)2-4(3-6(17)18)16-8(7)10(13,14)15/h2,9H,3H2,1H3,(H,17,18). The molecule has 0 spiro atoms. The maximum Gasteiger partial charge on any atom is 0.437 e. The number of halogens is 5. The average molecular weight is 285 g/mol. The summed E-state index contributed by atoms with van der Waals surface area (Å²) >= 11 is 0. The fraction of sp³-hybridized carbons (Fsp3) is 0.400. The first-order valence-electron chi connectivity index (χ1n) is 4.81. The molecule has 1 heterocycles. The van der Waals surface area contributed by atoms with Crippen molar-refractivity contribution in [1.29, 1.82) is 0 Å². The first-order valence-corrected chi connectivity index (χ1v) is 4.81. The fourth-order valence-electron chi connectivity index (χ4n) is 1.42. The van der Waals surface area contributed by atoms with Crippen molar-refractivity contribution >= 4 is 5.97 Å². The van der Waals surface area contributed by atoms with Gasteiger partial charge in [-0.2, -0.15) is 13.2 Å². The lowest BCUT2D eigenvalue weighted by Crippen LogP contribution is -2.15. The minimum atomic E-state index is -5.02. The van der Waals surface area contributed by atoms with Gasteiger partial charge in [-0.3, -0.25) is 4.79 Å². The number of ether oxygens (including phenoxy) is 1. The number of nitrogens with zero attached hydrogens (tertiary/aromatic N) is 1. The summed E-state index contributed by atoms with van der Waals surface area (Å²) in [7, 11) is 0.801. The van der Waals surface area contributed by atoms with Crippen LogP contribution in [-0.4, -0.2) is 23.2 Å². The van der Waals surface area contributed by atoms with Gasteiger partial charge in [-0.25, -0.2) is 13.8 Å². The van der Waals surface area contributed by atoms with Crippen LogP contribution in [0.15, 0.2) is 6.07 Å². The largest absolute Gasteiger partial charge is 0.494 e. The monoisotopic (exact) mass is 285 g/mol. The number of pyridine rings is 1. The van der Waals surface area contributed by atoms with Crippen LogP contribution < -0.4 is 4.74 Å². The van der Waals surface area contributed by atoms with Crippen LogP contribution in [0.2, 0.25) is 0 Å². The van der Waals surface area contributed by atoms with Crippen LogP contribution in [0.3, 0.4) is 0 Å². The van der Waals surface area contributed by atoms with Crippen molar-refractivity contribution < 1.29 is 36.6 Å². The number of aliphatic carboxylic acids is 1. The van der Waals surface area contributed by atoms with E-state index < -0.39 is 47.7 Å². The Morgan fingerprint density at radius 3 is 2.42 bits per heavy atom. The molecule has 1 aromatic heterocycles. The molecule has 4 nitrogen and oxygen atoms in total. The van der Waals surface area contributed by atoms with Gasteiger partial charge in [-0.1, -0.05) is 0 Å². The molecule has 1 N–H and O–H groups in total. The van der Waals surface area contributed by atoms with Gasteiger partial charge in [-0.15, -0.1) is 0 Å². The first kappa shape index (κ1) is 15.1. The van der Waals surface area contributed by atoms with E-state index in [4.69, 9.17) is 5.11 Å². The van der Waals surface area contributed by atoms with Crippen LogP contribution in [-0.2, 0) is 17.4 Å². The number of carboxylic acids is 1. The second-order valence-corrected chi connectivity index (χ2v) is 3.45. The lowest BCUT2D eigenvalue weighted by atomic mass is 10.1. The number of carboxylic acid groups (broad SMARTS) is 1. The third-order valence-corrected chi connectivity index (χ3v) is 2.09. The molecule has 0 aliphatic rings. The SMILES string of the molecule is COc1c(C(F)F)cc(CC(=O)O)nc1C(F)(F)F. The zero-order valence-corrected chi connectivity index (χ0v) is 9.46. The molecule has 0 aliphatic heterocycles. The fourth-order valence-corrected chi connectivity index (χ4v) is 1.42. The number of carbonyl (C=O) groups is 1. The molecular formula is C10H8F5NO3. The summed E-state index contributed by atoms with van der Waals surface area (Å²) in [5.41, 5.74) is -3.32. The van der Waals surface area contributed by atoms with Gasteiger partial charge in [-0.05, 0) is 6.07 Å². The van der Waals surface area contributed by atoms with E-state index in [9.17, 15) is 26.7 Å². The molecule has 0 bridgehead atoms. The smallest absolute Gasteiger partial charge is 0.437 e. The van der Waals surface area contributed by atoms with E-state index in [-0.39, 0.29) is 0 Å². The van der Waals surface area contributed by atoms with E-state index in [2.05, 4.69) is 9.72 Å². The number of hydrogen-bond donors (Lipinski definition) is 1. The Bertz CT molecular complexity index is 487. The second kappa shape index (κ2) is 5.37. The van der Waals surface area contributed by atoms with Crippen LogP contribution in [0, 0.1) is 0 Å². The van der Waals surface area contributed by atoms with E-state index in [1.165, 1.54) is 0 Å². The zero-order chi connectivity index (χ0) is 14.8. The highest BCUT2D eigenvalue weighted by atomic mass is 19.4. The van der Waals surface area contributed by atoms with Crippen LogP contribution in [0.25, 0.3) is 0 Å². The second-order valence-electron chi connectivity index (χ2n) is 3.45. The predicted octanol–water partition coefficient (Wildman–Crippen LogP) is 2.67. The Labute approximate surface area is 103 Å². The lowest BCUT2D eigenvalue weighted by molar-refractivity contribution is -0.143. The molecule has 1 aromatic rings. The number of methoxy groups -OCH3 is 1. The van der Waals surface area contributed by atoms with E-state index >= 15 is 0 Å². The van der Waals surface area contributed by atoms with E-state index in [1.807, 2.05) is 0 Å². The Kier molecular flexibility index (Phi) is 4.28. The summed E-state index contributed by atoms with van der Waals surface area (Å²) in [4.78, 5) is 13.5. The average Bonchev–Trinajstić information content (AvgIpc) is 2.25. The Balaban J connectivity index is 3.49. The van der Waals surface area contributed by atoms with Crippen molar-refractivity contribution in [3.8, 4) is 5.75 Å². The number of rotatable bonds is 4. The minimum Gasteiger partial charge on any atom is -0.494 e. The predicted molar refractivity (Wildman–Crippen MR) is 52.1 cm³/mol. The molecule has 19 heavy (non-hydrogen) atoms. The van der Waals surface area contributed by atoms with Crippen LogP contribution in [0.4, 0.5) is 22.0 Å². The van der Waals surface area contributed by atoms with Gasteiger partial charge in [0.2, 0.25) is 0 Å². The van der Waals surface area contributed by atoms with E-state index in [1.54, 1.807) is 0 Å². The molecule has 0 aliphatic carbocycles. The number of hydrogen-bond acceptors (Lipinski definition) is 3. The Hall–Kier alpha value is -1.93. The molecule has 0 saturated carbocycles. The van der Waals surface area contributed by atoms with Crippen LogP contribution >= 0.6 is 0 Å². The van der Waals surface area contributed by atoms with Gasteiger partial charge in [0.1, 0.15) is 0 Å². The molecule has 0 fully saturated rings.